The zero-order valence-corrected chi connectivity index (χ0v) is 38.0. The molecule has 0 aliphatic heterocycles. The van der Waals surface area contributed by atoms with Crippen molar-refractivity contribution in [2.75, 3.05) is 6.61 Å². The molecule has 0 aromatic heterocycles. The van der Waals surface area contributed by atoms with Crippen LogP contribution in [0.3, 0.4) is 0 Å². The summed E-state index contributed by atoms with van der Waals surface area (Å²) in [6.07, 6.45) is 52.1. The third kappa shape index (κ3) is 40.6. The van der Waals surface area contributed by atoms with Crippen LogP contribution in [0.1, 0.15) is 252 Å². The summed E-state index contributed by atoms with van der Waals surface area (Å²) >= 11 is 0. The van der Waals surface area contributed by atoms with Crippen LogP contribution in [0.15, 0.2) is 36.5 Å². The Labute approximate surface area is 353 Å². The van der Waals surface area contributed by atoms with E-state index in [9.17, 15) is 19.8 Å². The van der Waals surface area contributed by atoms with E-state index < -0.39 is 18.2 Å². The lowest BCUT2D eigenvalue weighted by Crippen LogP contribution is -2.46. The SMILES string of the molecule is CCCCCCCC/C=C\CCCCCC(=O)OC(CCC/C=C/C=C/CCCCCCCCC)CC(=O)NC(CO)C(O)CCCCCCCCCCCCC. The van der Waals surface area contributed by atoms with Crippen LogP contribution in [0.5, 0.6) is 0 Å². The number of hydrogen-bond donors (Lipinski definition) is 3. The number of unbranched alkanes of at least 4 members (excludes halogenated alkanes) is 27. The van der Waals surface area contributed by atoms with Gasteiger partial charge in [-0.1, -0.05) is 205 Å². The van der Waals surface area contributed by atoms with E-state index in [2.05, 4.69) is 62.5 Å². The Kier molecular flexibility index (Phi) is 43.6. The zero-order valence-electron chi connectivity index (χ0n) is 38.0. The minimum atomic E-state index is -0.798. The molecule has 0 fully saturated rings. The lowest BCUT2D eigenvalue weighted by atomic mass is 10.0. The highest BCUT2D eigenvalue weighted by atomic mass is 16.5. The number of allylic oxidation sites excluding steroid dienone is 6. The average Bonchev–Trinajstić information content (AvgIpc) is 3.20. The van der Waals surface area contributed by atoms with E-state index >= 15 is 0 Å². The van der Waals surface area contributed by atoms with Crippen molar-refractivity contribution in [2.24, 2.45) is 0 Å². The predicted molar refractivity (Wildman–Crippen MR) is 246 cm³/mol. The van der Waals surface area contributed by atoms with Gasteiger partial charge < -0.3 is 20.3 Å². The largest absolute Gasteiger partial charge is 0.462 e. The molecule has 3 N–H and O–H groups in total. The van der Waals surface area contributed by atoms with Crippen LogP contribution in [0, 0.1) is 0 Å². The van der Waals surface area contributed by atoms with Crippen molar-refractivity contribution in [3.8, 4) is 0 Å². The number of carbonyl (C=O) groups is 2. The number of carbonyl (C=O) groups excluding carboxylic acids is 2. The number of rotatable bonds is 44. The molecule has 0 saturated carbocycles. The van der Waals surface area contributed by atoms with E-state index in [4.69, 9.17) is 4.74 Å². The van der Waals surface area contributed by atoms with Gasteiger partial charge in [-0.3, -0.25) is 9.59 Å². The van der Waals surface area contributed by atoms with Gasteiger partial charge in [0.2, 0.25) is 5.91 Å². The summed E-state index contributed by atoms with van der Waals surface area (Å²) in [4.78, 5) is 26.0. The van der Waals surface area contributed by atoms with E-state index in [1.165, 1.54) is 135 Å². The number of aliphatic hydroxyl groups excluding tert-OH is 2. The smallest absolute Gasteiger partial charge is 0.306 e. The van der Waals surface area contributed by atoms with Gasteiger partial charge in [-0.05, 0) is 70.6 Å². The number of hydrogen-bond acceptors (Lipinski definition) is 5. The number of ether oxygens (including phenoxy) is 1. The predicted octanol–water partition coefficient (Wildman–Crippen LogP) is 14.5. The molecule has 0 aromatic carbocycles. The zero-order chi connectivity index (χ0) is 41.7. The van der Waals surface area contributed by atoms with Crippen LogP contribution in [0.25, 0.3) is 0 Å². The Balaban J connectivity index is 4.68. The Bertz CT molecular complexity index is 946. The molecule has 6 nitrogen and oxygen atoms in total. The maximum Gasteiger partial charge on any atom is 0.306 e. The monoisotopic (exact) mass is 802 g/mol. The molecular weight excluding hydrogens is 707 g/mol. The molecule has 0 bridgehead atoms. The minimum Gasteiger partial charge on any atom is -0.462 e. The molecule has 0 radical (unpaired) electrons. The first-order valence-corrected chi connectivity index (χ1v) is 24.7. The maximum atomic E-state index is 13.1. The molecule has 3 unspecified atom stereocenters. The van der Waals surface area contributed by atoms with Gasteiger partial charge in [0.1, 0.15) is 6.10 Å². The topological polar surface area (TPSA) is 95.9 Å². The summed E-state index contributed by atoms with van der Waals surface area (Å²) < 4.78 is 5.88. The number of nitrogens with one attached hydrogen (secondary N) is 1. The molecule has 0 aromatic rings. The third-order valence-electron chi connectivity index (χ3n) is 11.2. The first kappa shape index (κ1) is 55.1. The van der Waals surface area contributed by atoms with E-state index in [-0.39, 0.29) is 24.9 Å². The van der Waals surface area contributed by atoms with Crippen LogP contribution in [0.4, 0.5) is 0 Å². The Morgan fingerprint density at radius 1 is 0.509 bits per heavy atom. The van der Waals surface area contributed by atoms with Crippen molar-refractivity contribution < 1.29 is 24.5 Å². The summed E-state index contributed by atoms with van der Waals surface area (Å²) in [5.74, 6) is -0.535. The maximum absolute atomic E-state index is 13.1. The number of esters is 1. The lowest BCUT2D eigenvalue weighted by Gasteiger charge is -2.24. The molecular formula is C51H95NO5. The van der Waals surface area contributed by atoms with Gasteiger partial charge >= 0.3 is 5.97 Å². The molecule has 0 aliphatic carbocycles. The normalized spacial score (nSPS) is 13.6. The van der Waals surface area contributed by atoms with Crippen molar-refractivity contribution in [1.82, 2.24) is 5.32 Å². The van der Waals surface area contributed by atoms with Gasteiger partial charge in [0.05, 0.1) is 25.2 Å². The minimum absolute atomic E-state index is 0.0405. The highest BCUT2D eigenvalue weighted by Gasteiger charge is 2.24. The van der Waals surface area contributed by atoms with Gasteiger partial charge in [-0.25, -0.2) is 0 Å². The summed E-state index contributed by atoms with van der Waals surface area (Å²) in [5, 5.41) is 23.7. The van der Waals surface area contributed by atoms with Crippen molar-refractivity contribution in [3.63, 3.8) is 0 Å². The Morgan fingerprint density at radius 3 is 1.39 bits per heavy atom. The molecule has 0 aliphatic rings. The second-order valence-electron chi connectivity index (χ2n) is 16.9. The molecule has 57 heavy (non-hydrogen) atoms. The fraction of sp³-hybridized carbons (Fsp3) is 0.843. The standard InChI is InChI=1S/C51H95NO5/c1-4-7-10-13-16-19-22-24-26-28-30-33-36-39-42-47(57-51(56)44-41-38-35-32-29-25-23-20-17-14-11-8-5-2)45-50(55)52-48(46-53)49(54)43-40-37-34-31-27-21-18-15-12-9-6-3/h25-26,28-30,33,47-49,53-54H,4-24,27,31-32,34-46H2,1-3H3,(H,52,55)/b28-26+,29-25-,33-30+. The molecule has 0 heterocycles. The number of amides is 1. The molecule has 0 rings (SSSR count). The van der Waals surface area contributed by atoms with Gasteiger partial charge in [0, 0.05) is 6.42 Å². The fourth-order valence-corrected chi connectivity index (χ4v) is 7.42. The van der Waals surface area contributed by atoms with Crippen LogP contribution in [-0.2, 0) is 14.3 Å². The molecule has 6 heteroatoms. The van der Waals surface area contributed by atoms with Gasteiger partial charge in [-0.15, -0.1) is 0 Å². The fourth-order valence-electron chi connectivity index (χ4n) is 7.42. The molecule has 0 spiro atoms. The summed E-state index contributed by atoms with van der Waals surface area (Å²) in [5.41, 5.74) is 0. The van der Waals surface area contributed by atoms with Crippen LogP contribution in [-0.4, -0.2) is 46.9 Å². The van der Waals surface area contributed by atoms with E-state index in [1.807, 2.05) is 0 Å². The summed E-state index contributed by atoms with van der Waals surface area (Å²) in [7, 11) is 0. The summed E-state index contributed by atoms with van der Waals surface area (Å²) in [6, 6.07) is -0.715. The second-order valence-corrected chi connectivity index (χ2v) is 16.9. The Hall–Kier alpha value is -1.92. The molecule has 334 valence electrons. The first-order valence-electron chi connectivity index (χ1n) is 24.7. The van der Waals surface area contributed by atoms with Gasteiger partial charge in [-0.2, -0.15) is 0 Å². The van der Waals surface area contributed by atoms with Crippen LogP contribution in [0.2, 0.25) is 0 Å². The van der Waals surface area contributed by atoms with Crippen molar-refractivity contribution in [1.29, 1.82) is 0 Å². The van der Waals surface area contributed by atoms with E-state index in [1.54, 1.807) is 0 Å². The highest BCUT2D eigenvalue weighted by molar-refractivity contribution is 5.77. The first-order chi connectivity index (χ1) is 28.0. The second kappa shape index (κ2) is 45.2. The van der Waals surface area contributed by atoms with E-state index in [0.717, 1.165) is 70.6 Å². The molecule has 0 saturated heterocycles. The van der Waals surface area contributed by atoms with E-state index in [0.29, 0.717) is 19.3 Å². The lowest BCUT2D eigenvalue weighted by molar-refractivity contribution is -0.151. The summed E-state index contributed by atoms with van der Waals surface area (Å²) in [6.45, 7) is 6.45. The highest BCUT2D eigenvalue weighted by Crippen LogP contribution is 2.16. The average molecular weight is 802 g/mol. The number of aliphatic hydroxyl groups is 2. The van der Waals surface area contributed by atoms with Crippen LogP contribution < -0.4 is 5.32 Å². The third-order valence-corrected chi connectivity index (χ3v) is 11.2. The molecule has 1 amide bonds. The Morgan fingerprint density at radius 2 is 0.912 bits per heavy atom. The van der Waals surface area contributed by atoms with Crippen molar-refractivity contribution in [2.45, 2.75) is 270 Å². The molecule has 3 atom stereocenters. The quantitative estimate of drug-likeness (QED) is 0.0247. The van der Waals surface area contributed by atoms with Gasteiger partial charge in [0.25, 0.3) is 0 Å². The van der Waals surface area contributed by atoms with Crippen molar-refractivity contribution >= 4 is 11.9 Å². The van der Waals surface area contributed by atoms with Crippen LogP contribution >= 0.6 is 0 Å². The van der Waals surface area contributed by atoms with Gasteiger partial charge in [0.15, 0.2) is 0 Å². The van der Waals surface area contributed by atoms with Crippen molar-refractivity contribution in [3.05, 3.63) is 36.5 Å².